The second-order valence-electron chi connectivity index (χ2n) is 7.81. The molecule has 1 rings (SSSR count). The molecule has 29 heavy (non-hydrogen) atoms. The third-order valence-corrected chi connectivity index (χ3v) is 5.75. The molecule has 0 saturated carbocycles. The fraction of sp³-hybridized carbons (Fsp3) is 0.640. The summed E-state index contributed by atoms with van der Waals surface area (Å²) in [5.74, 6) is -0.133. The first kappa shape index (κ1) is 25.7. The van der Waals surface area contributed by atoms with E-state index in [1.165, 1.54) is 83.5 Å². The Morgan fingerprint density at radius 3 is 1.90 bits per heavy atom. The highest BCUT2D eigenvalue weighted by Crippen LogP contribution is 2.27. The average molecular weight is 467 g/mol. The zero-order chi connectivity index (χ0) is 21.2. The van der Waals surface area contributed by atoms with E-state index in [-0.39, 0.29) is 0 Å². The van der Waals surface area contributed by atoms with Crippen LogP contribution in [0.1, 0.15) is 102 Å². The summed E-state index contributed by atoms with van der Waals surface area (Å²) in [5.41, 5.74) is 0.836. The monoisotopic (exact) mass is 466 g/mol. The summed E-state index contributed by atoms with van der Waals surface area (Å²) in [5, 5.41) is 8.68. The van der Waals surface area contributed by atoms with Gasteiger partial charge in [-0.25, -0.2) is 4.79 Å². The Bertz CT molecular complexity index is 583. The number of hydrogen-bond donors (Lipinski definition) is 1. The second-order valence-corrected chi connectivity index (χ2v) is 8.66. The summed E-state index contributed by atoms with van der Waals surface area (Å²) >= 11 is 3.49. The molecule has 1 aromatic rings. The molecule has 1 N–H and O–H groups in total. The van der Waals surface area contributed by atoms with E-state index in [1.807, 2.05) is 18.2 Å². The Hall–Kier alpha value is -1.29. The molecule has 4 heteroatoms. The normalized spacial score (nSPS) is 11.2. The van der Waals surface area contributed by atoms with Crippen LogP contribution in [-0.2, 0) is 4.79 Å². The highest BCUT2D eigenvalue weighted by molar-refractivity contribution is 9.10. The van der Waals surface area contributed by atoms with E-state index in [0.29, 0.717) is 0 Å². The van der Waals surface area contributed by atoms with E-state index < -0.39 is 5.97 Å². The van der Waals surface area contributed by atoms with Crippen LogP contribution in [0.4, 0.5) is 0 Å². The van der Waals surface area contributed by atoms with Crippen LogP contribution >= 0.6 is 15.9 Å². The molecule has 0 aromatic heterocycles. The van der Waals surface area contributed by atoms with Crippen LogP contribution in [0.25, 0.3) is 6.08 Å². The molecule has 0 saturated heterocycles. The van der Waals surface area contributed by atoms with Gasteiger partial charge in [0.1, 0.15) is 5.75 Å². The molecule has 0 spiro atoms. The van der Waals surface area contributed by atoms with E-state index >= 15 is 0 Å². The number of carboxylic acid groups (broad SMARTS) is 1. The molecule has 0 atom stereocenters. The van der Waals surface area contributed by atoms with Gasteiger partial charge in [0.25, 0.3) is 0 Å². The Kier molecular flexibility index (Phi) is 15.6. The van der Waals surface area contributed by atoms with Gasteiger partial charge in [-0.15, -0.1) is 0 Å². The zero-order valence-electron chi connectivity index (χ0n) is 18.1. The molecular weight excluding hydrogens is 428 g/mol. The number of aliphatic carboxylic acids is 1. The Morgan fingerprint density at radius 2 is 1.41 bits per heavy atom. The Balaban J connectivity index is 1.96. The lowest BCUT2D eigenvalue weighted by atomic mass is 10.0. The van der Waals surface area contributed by atoms with Crippen molar-refractivity contribution >= 4 is 28.0 Å². The van der Waals surface area contributed by atoms with Gasteiger partial charge in [0.05, 0.1) is 11.1 Å². The van der Waals surface area contributed by atoms with E-state index in [9.17, 15) is 4.79 Å². The smallest absolute Gasteiger partial charge is 0.328 e. The number of ether oxygens (including phenoxy) is 1. The Labute approximate surface area is 186 Å². The van der Waals surface area contributed by atoms with Crippen LogP contribution in [0.3, 0.4) is 0 Å². The summed E-state index contributed by atoms with van der Waals surface area (Å²) in [4.78, 5) is 10.6. The van der Waals surface area contributed by atoms with Gasteiger partial charge in [0.15, 0.2) is 0 Å². The molecule has 0 heterocycles. The standard InChI is InChI=1S/C25H39BrO3/c1-2-3-4-5-6-7-8-9-10-11-12-13-14-15-20-29-24-18-16-22(21-23(24)26)17-19-25(27)28/h16-19,21H,2-15,20H2,1H3,(H,27,28)/b19-17+. The lowest BCUT2D eigenvalue weighted by molar-refractivity contribution is -0.131. The minimum atomic E-state index is -0.945. The molecule has 0 bridgehead atoms. The number of halogens is 1. The van der Waals surface area contributed by atoms with E-state index in [4.69, 9.17) is 9.84 Å². The van der Waals surface area contributed by atoms with Crippen LogP contribution in [0, 0.1) is 0 Å². The highest BCUT2D eigenvalue weighted by Gasteiger charge is 2.02. The maximum atomic E-state index is 10.6. The molecule has 0 fully saturated rings. The summed E-state index contributed by atoms with van der Waals surface area (Å²) in [6, 6.07) is 5.63. The fourth-order valence-corrected chi connectivity index (χ4v) is 3.90. The van der Waals surface area contributed by atoms with E-state index in [2.05, 4.69) is 22.9 Å². The Morgan fingerprint density at radius 1 is 0.897 bits per heavy atom. The van der Waals surface area contributed by atoms with Crippen LogP contribution in [0.5, 0.6) is 5.75 Å². The highest BCUT2D eigenvalue weighted by atomic mass is 79.9. The van der Waals surface area contributed by atoms with Gasteiger partial charge in [0, 0.05) is 6.08 Å². The first-order chi connectivity index (χ1) is 14.1. The summed E-state index contributed by atoms with van der Waals surface area (Å²) in [7, 11) is 0. The summed E-state index contributed by atoms with van der Waals surface area (Å²) in [6.07, 6.45) is 21.7. The molecule has 1 aromatic carbocycles. The van der Waals surface area contributed by atoms with Crippen molar-refractivity contribution in [3.05, 3.63) is 34.3 Å². The summed E-state index contributed by atoms with van der Waals surface area (Å²) in [6.45, 7) is 3.00. The van der Waals surface area contributed by atoms with Crippen molar-refractivity contribution in [3.8, 4) is 5.75 Å². The van der Waals surface area contributed by atoms with Gasteiger partial charge < -0.3 is 9.84 Å². The molecular formula is C25H39BrO3. The molecule has 0 unspecified atom stereocenters. The SMILES string of the molecule is CCCCCCCCCCCCCCCCOc1ccc(/C=C/C(=O)O)cc1Br. The summed E-state index contributed by atoms with van der Waals surface area (Å²) < 4.78 is 6.69. The number of carboxylic acids is 1. The van der Waals surface area contributed by atoms with Gasteiger partial charge in [-0.1, -0.05) is 96.5 Å². The number of unbranched alkanes of at least 4 members (excludes halogenated alkanes) is 13. The molecule has 0 aliphatic rings. The van der Waals surface area contributed by atoms with Gasteiger partial charge >= 0.3 is 5.97 Å². The van der Waals surface area contributed by atoms with Crippen molar-refractivity contribution in [2.24, 2.45) is 0 Å². The van der Waals surface area contributed by atoms with Crippen molar-refractivity contribution in [2.75, 3.05) is 6.61 Å². The quantitative estimate of drug-likeness (QED) is 0.174. The largest absolute Gasteiger partial charge is 0.492 e. The van der Waals surface area contributed by atoms with Crippen LogP contribution in [0.2, 0.25) is 0 Å². The molecule has 0 aliphatic carbocycles. The van der Waals surface area contributed by atoms with Crippen LogP contribution < -0.4 is 4.74 Å². The van der Waals surface area contributed by atoms with Crippen molar-refractivity contribution in [1.82, 2.24) is 0 Å². The minimum absolute atomic E-state index is 0.723. The molecule has 3 nitrogen and oxygen atoms in total. The minimum Gasteiger partial charge on any atom is -0.492 e. The van der Waals surface area contributed by atoms with Crippen molar-refractivity contribution in [2.45, 2.75) is 96.8 Å². The maximum Gasteiger partial charge on any atom is 0.328 e. The first-order valence-corrected chi connectivity index (χ1v) is 12.3. The lowest BCUT2D eigenvalue weighted by Crippen LogP contribution is -1.98. The average Bonchev–Trinajstić information content (AvgIpc) is 2.70. The third kappa shape index (κ3) is 14.4. The number of hydrogen-bond acceptors (Lipinski definition) is 2. The van der Waals surface area contributed by atoms with Crippen LogP contribution in [0.15, 0.2) is 28.7 Å². The van der Waals surface area contributed by atoms with Crippen LogP contribution in [-0.4, -0.2) is 17.7 Å². The number of benzene rings is 1. The predicted molar refractivity (Wildman–Crippen MR) is 127 cm³/mol. The van der Waals surface area contributed by atoms with Gasteiger partial charge in [-0.2, -0.15) is 0 Å². The fourth-order valence-electron chi connectivity index (χ4n) is 3.38. The maximum absolute atomic E-state index is 10.6. The van der Waals surface area contributed by atoms with Crippen molar-refractivity contribution < 1.29 is 14.6 Å². The van der Waals surface area contributed by atoms with E-state index in [0.717, 1.165) is 34.9 Å². The molecule has 0 aliphatic heterocycles. The third-order valence-electron chi connectivity index (χ3n) is 5.13. The van der Waals surface area contributed by atoms with Gasteiger partial charge in [-0.3, -0.25) is 0 Å². The zero-order valence-corrected chi connectivity index (χ0v) is 19.7. The van der Waals surface area contributed by atoms with Crippen molar-refractivity contribution in [1.29, 1.82) is 0 Å². The van der Waals surface area contributed by atoms with E-state index in [1.54, 1.807) is 6.08 Å². The van der Waals surface area contributed by atoms with Gasteiger partial charge in [0.2, 0.25) is 0 Å². The molecule has 0 amide bonds. The van der Waals surface area contributed by atoms with Crippen molar-refractivity contribution in [3.63, 3.8) is 0 Å². The number of carbonyl (C=O) groups is 1. The molecule has 164 valence electrons. The number of rotatable bonds is 18. The second kappa shape index (κ2) is 17.6. The van der Waals surface area contributed by atoms with Gasteiger partial charge in [-0.05, 0) is 46.1 Å². The lowest BCUT2D eigenvalue weighted by Gasteiger charge is -2.09. The first-order valence-electron chi connectivity index (χ1n) is 11.5. The molecule has 0 radical (unpaired) electrons. The topological polar surface area (TPSA) is 46.5 Å². The predicted octanol–water partition coefficient (Wildman–Crippen LogP) is 8.41.